The number of carbonyl (C=O) groups excluding carboxylic acids is 1. The Balaban J connectivity index is 1.46. The number of hydrogen-bond donors (Lipinski definition) is 1. The molecule has 0 aromatic heterocycles. The lowest BCUT2D eigenvalue weighted by molar-refractivity contribution is 0.133. The van der Waals surface area contributed by atoms with E-state index in [0.717, 1.165) is 0 Å². The Morgan fingerprint density at radius 1 is 1.21 bits per heavy atom. The lowest BCUT2D eigenvalue weighted by atomic mass is 10.2. The van der Waals surface area contributed by atoms with E-state index in [1.165, 1.54) is 6.07 Å². The average Bonchev–Trinajstić information content (AvgIpc) is 2.89. The van der Waals surface area contributed by atoms with Crippen LogP contribution in [-0.2, 0) is 16.4 Å². The van der Waals surface area contributed by atoms with Gasteiger partial charge in [0, 0.05) is 44.3 Å². The molecule has 0 saturated carbocycles. The number of nitrogens with zero attached hydrogens (tertiary/aromatic N) is 2. The summed E-state index contributed by atoms with van der Waals surface area (Å²) in [6, 6.07) is 6.23. The maximum absolute atomic E-state index is 13.7. The zero-order valence-corrected chi connectivity index (χ0v) is 14.3. The monoisotopic (exact) mass is 355 g/mol. The molecule has 1 unspecified atom stereocenters. The van der Waals surface area contributed by atoms with Gasteiger partial charge in [-0.3, -0.25) is 4.90 Å². The number of sulfone groups is 1. The van der Waals surface area contributed by atoms with Gasteiger partial charge in [0.05, 0.1) is 11.5 Å². The van der Waals surface area contributed by atoms with Crippen LogP contribution in [0.25, 0.3) is 0 Å². The number of urea groups is 1. The first-order chi connectivity index (χ1) is 11.4. The molecule has 2 aliphatic rings. The van der Waals surface area contributed by atoms with Crippen LogP contribution in [0.5, 0.6) is 0 Å². The van der Waals surface area contributed by atoms with Crippen LogP contribution in [-0.4, -0.2) is 68.0 Å². The Morgan fingerprint density at radius 2 is 1.92 bits per heavy atom. The molecule has 0 spiro atoms. The number of rotatable bonds is 3. The highest BCUT2D eigenvalue weighted by molar-refractivity contribution is 7.91. The third kappa shape index (κ3) is 4.24. The highest BCUT2D eigenvalue weighted by atomic mass is 32.2. The maximum Gasteiger partial charge on any atom is 0.317 e. The van der Waals surface area contributed by atoms with Gasteiger partial charge in [-0.1, -0.05) is 18.2 Å². The third-order valence-corrected chi connectivity index (χ3v) is 6.34. The second kappa shape index (κ2) is 7.06. The Labute approximate surface area is 141 Å². The topological polar surface area (TPSA) is 69.7 Å². The van der Waals surface area contributed by atoms with Crippen molar-refractivity contribution in [1.29, 1.82) is 0 Å². The van der Waals surface area contributed by atoms with Gasteiger partial charge in [0.25, 0.3) is 0 Å². The molecule has 2 saturated heterocycles. The van der Waals surface area contributed by atoms with Crippen LogP contribution < -0.4 is 5.32 Å². The van der Waals surface area contributed by atoms with Gasteiger partial charge in [-0.05, 0) is 12.5 Å². The van der Waals surface area contributed by atoms with Gasteiger partial charge in [0.2, 0.25) is 0 Å². The Morgan fingerprint density at radius 3 is 2.54 bits per heavy atom. The first kappa shape index (κ1) is 17.2. The van der Waals surface area contributed by atoms with Crippen molar-refractivity contribution in [2.75, 3.05) is 37.7 Å². The quantitative estimate of drug-likeness (QED) is 0.872. The Hall–Kier alpha value is -1.67. The normalized spacial score (nSPS) is 24.0. The fourth-order valence-corrected chi connectivity index (χ4v) is 4.82. The first-order valence-corrected chi connectivity index (χ1v) is 9.97. The summed E-state index contributed by atoms with van der Waals surface area (Å²) >= 11 is 0. The van der Waals surface area contributed by atoms with E-state index in [-0.39, 0.29) is 29.4 Å². The molecule has 8 heteroatoms. The zero-order valence-electron chi connectivity index (χ0n) is 13.4. The van der Waals surface area contributed by atoms with Gasteiger partial charge < -0.3 is 10.2 Å². The molecule has 1 aromatic rings. The molecule has 2 aliphatic heterocycles. The number of carbonyl (C=O) groups is 1. The minimum atomic E-state index is -3.00. The Bertz CT molecular complexity index is 702. The summed E-state index contributed by atoms with van der Waals surface area (Å²) in [5.41, 5.74) is 0.659. The van der Waals surface area contributed by atoms with Crippen molar-refractivity contribution in [2.24, 2.45) is 0 Å². The molecule has 3 rings (SSSR count). The van der Waals surface area contributed by atoms with Gasteiger partial charge >= 0.3 is 6.03 Å². The van der Waals surface area contributed by atoms with Crippen molar-refractivity contribution < 1.29 is 17.6 Å². The van der Waals surface area contributed by atoms with E-state index in [0.29, 0.717) is 44.7 Å². The largest absolute Gasteiger partial charge is 0.334 e. The third-order valence-electron chi connectivity index (χ3n) is 4.57. The number of hydrogen-bond acceptors (Lipinski definition) is 4. The molecule has 2 heterocycles. The van der Waals surface area contributed by atoms with E-state index in [1.807, 2.05) is 6.07 Å². The minimum absolute atomic E-state index is 0.0337. The lowest BCUT2D eigenvalue weighted by Gasteiger charge is -2.35. The molecule has 1 atom stereocenters. The van der Waals surface area contributed by atoms with Crippen molar-refractivity contribution >= 4 is 15.9 Å². The van der Waals surface area contributed by atoms with E-state index in [4.69, 9.17) is 0 Å². The van der Waals surface area contributed by atoms with Crippen molar-refractivity contribution in [1.82, 2.24) is 15.1 Å². The minimum Gasteiger partial charge on any atom is -0.334 e. The fraction of sp³-hybridized carbons (Fsp3) is 0.562. The summed E-state index contributed by atoms with van der Waals surface area (Å²) in [5.74, 6) is -0.0273. The molecule has 0 aliphatic carbocycles. The van der Waals surface area contributed by atoms with Crippen LogP contribution in [0.3, 0.4) is 0 Å². The van der Waals surface area contributed by atoms with E-state index in [9.17, 15) is 17.6 Å². The number of amides is 2. The lowest BCUT2D eigenvalue weighted by Crippen LogP contribution is -2.53. The van der Waals surface area contributed by atoms with Gasteiger partial charge in [0.15, 0.2) is 9.84 Å². The highest BCUT2D eigenvalue weighted by Crippen LogP contribution is 2.14. The second-order valence-corrected chi connectivity index (χ2v) is 8.63. The summed E-state index contributed by atoms with van der Waals surface area (Å²) in [6.45, 7) is 2.98. The number of piperazine rings is 1. The predicted molar refractivity (Wildman–Crippen MR) is 88.8 cm³/mol. The predicted octanol–water partition coefficient (Wildman–Crippen LogP) is 0.840. The molecule has 2 amide bonds. The SMILES string of the molecule is O=C(NC1CCS(=O)(=O)C1)N1CCN(Cc2ccccc2F)CC1. The summed E-state index contributed by atoms with van der Waals surface area (Å²) in [4.78, 5) is 16.0. The molecule has 1 N–H and O–H groups in total. The van der Waals surface area contributed by atoms with Crippen LogP contribution in [0.2, 0.25) is 0 Å². The molecule has 132 valence electrons. The van der Waals surface area contributed by atoms with Crippen molar-refractivity contribution in [2.45, 2.75) is 19.0 Å². The summed E-state index contributed by atoms with van der Waals surface area (Å²) in [6.07, 6.45) is 0.487. The van der Waals surface area contributed by atoms with E-state index < -0.39 is 9.84 Å². The first-order valence-electron chi connectivity index (χ1n) is 8.14. The molecular formula is C16H22FN3O3S. The Kier molecular flexibility index (Phi) is 5.05. The van der Waals surface area contributed by atoms with Crippen LogP contribution in [0.1, 0.15) is 12.0 Å². The summed E-state index contributed by atoms with van der Waals surface area (Å²) in [5, 5.41) is 2.81. The van der Waals surface area contributed by atoms with Gasteiger partial charge in [-0.2, -0.15) is 0 Å². The maximum atomic E-state index is 13.7. The highest BCUT2D eigenvalue weighted by Gasteiger charge is 2.30. The molecule has 0 radical (unpaired) electrons. The van der Waals surface area contributed by atoms with Crippen molar-refractivity contribution in [3.63, 3.8) is 0 Å². The van der Waals surface area contributed by atoms with Gasteiger partial charge in [-0.15, -0.1) is 0 Å². The number of halogens is 1. The summed E-state index contributed by atoms with van der Waals surface area (Å²) in [7, 11) is -3.00. The van der Waals surface area contributed by atoms with Crippen LogP contribution in [0.4, 0.5) is 9.18 Å². The molecule has 2 fully saturated rings. The van der Waals surface area contributed by atoms with Crippen LogP contribution in [0.15, 0.2) is 24.3 Å². The second-order valence-electron chi connectivity index (χ2n) is 6.40. The van der Waals surface area contributed by atoms with Crippen LogP contribution >= 0.6 is 0 Å². The van der Waals surface area contributed by atoms with Gasteiger partial charge in [-0.25, -0.2) is 17.6 Å². The number of benzene rings is 1. The smallest absolute Gasteiger partial charge is 0.317 e. The standard InChI is InChI=1S/C16H22FN3O3S/c17-15-4-2-1-3-13(15)11-19-6-8-20(9-7-19)16(21)18-14-5-10-24(22,23)12-14/h1-4,14H,5-12H2,(H,18,21). The average molecular weight is 355 g/mol. The molecule has 0 bridgehead atoms. The van der Waals surface area contributed by atoms with Crippen molar-refractivity contribution in [3.05, 3.63) is 35.6 Å². The van der Waals surface area contributed by atoms with Crippen LogP contribution in [0, 0.1) is 5.82 Å². The molecule has 24 heavy (non-hydrogen) atoms. The number of nitrogens with one attached hydrogen (secondary N) is 1. The molecular weight excluding hydrogens is 333 g/mol. The van der Waals surface area contributed by atoms with Crippen molar-refractivity contribution in [3.8, 4) is 0 Å². The summed E-state index contributed by atoms with van der Waals surface area (Å²) < 4.78 is 36.6. The zero-order chi connectivity index (χ0) is 17.2. The molecule has 1 aromatic carbocycles. The van der Waals surface area contributed by atoms with E-state index in [2.05, 4.69) is 10.2 Å². The van der Waals surface area contributed by atoms with E-state index in [1.54, 1.807) is 17.0 Å². The van der Waals surface area contributed by atoms with Gasteiger partial charge in [0.1, 0.15) is 5.82 Å². The fourth-order valence-electron chi connectivity index (χ4n) is 3.15. The molecule has 6 nitrogen and oxygen atoms in total. The van der Waals surface area contributed by atoms with E-state index >= 15 is 0 Å².